The predicted molar refractivity (Wildman–Crippen MR) is 120 cm³/mol. The number of carbonyl (C=O) groups excluding carboxylic acids is 1. The third-order valence-electron chi connectivity index (χ3n) is 4.83. The first kappa shape index (κ1) is 23.4. The van der Waals surface area contributed by atoms with Gasteiger partial charge in [-0.15, -0.1) is 0 Å². The zero-order valence-corrected chi connectivity index (χ0v) is 19.4. The molecule has 0 spiro atoms. The maximum absolute atomic E-state index is 14.4. The van der Waals surface area contributed by atoms with Gasteiger partial charge in [-0.25, -0.2) is 13.9 Å². The molecule has 32 heavy (non-hydrogen) atoms. The molecule has 0 atom stereocenters. The SMILES string of the molecule is Cc1ccc(-c2cc(F)cc(C(C)C)c2NC(=O)NS(=O)(=O)c2ccn(C(C)C)n2)cn1. The number of nitrogens with zero attached hydrogens (tertiary/aromatic N) is 3. The maximum Gasteiger partial charge on any atom is 0.333 e. The molecule has 0 bridgehead atoms. The van der Waals surface area contributed by atoms with E-state index in [-0.39, 0.29) is 17.0 Å². The normalized spacial score (nSPS) is 11.8. The van der Waals surface area contributed by atoms with E-state index in [1.807, 2.05) is 39.3 Å². The summed E-state index contributed by atoms with van der Waals surface area (Å²) in [6, 6.07) is 6.45. The number of pyridine rings is 1. The van der Waals surface area contributed by atoms with Crippen LogP contribution in [0.25, 0.3) is 11.1 Å². The van der Waals surface area contributed by atoms with Crippen LogP contribution >= 0.6 is 0 Å². The average Bonchev–Trinajstić information content (AvgIpc) is 3.21. The van der Waals surface area contributed by atoms with E-state index in [9.17, 15) is 17.6 Å². The highest BCUT2D eigenvalue weighted by Crippen LogP contribution is 2.36. The molecule has 2 amide bonds. The maximum atomic E-state index is 14.4. The van der Waals surface area contributed by atoms with Gasteiger partial charge in [0.05, 0.1) is 5.69 Å². The Labute approximate surface area is 186 Å². The number of halogens is 1. The van der Waals surface area contributed by atoms with Crippen LogP contribution in [-0.4, -0.2) is 29.2 Å². The fraction of sp³-hybridized carbons (Fsp3) is 0.318. The van der Waals surface area contributed by atoms with Crippen LogP contribution in [0.3, 0.4) is 0 Å². The van der Waals surface area contributed by atoms with Crippen molar-refractivity contribution in [1.82, 2.24) is 19.5 Å². The number of hydrogen-bond donors (Lipinski definition) is 2. The summed E-state index contributed by atoms with van der Waals surface area (Å²) in [6.07, 6.45) is 3.10. The van der Waals surface area contributed by atoms with E-state index in [0.29, 0.717) is 22.4 Å². The van der Waals surface area contributed by atoms with Gasteiger partial charge in [0.25, 0.3) is 10.0 Å². The van der Waals surface area contributed by atoms with Crippen molar-refractivity contribution in [3.8, 4) is 11.1 Å². The van der Waals surface area contributed by atoms with E-state index in [0.717, 1.165) is 5.69 Å². The van der Waals surface area contributed by atoms with Crippen LogP contribution in [0.2, 0.25) is 0 Å². The Morgan fingerprint density at radius 3 is 2.41 bits per heavy atom. The molecule has 10 heteroatoms. The molecular formula is C22H26FN5O3S. The van der Waals surface area contributed by atoms with Crippen molar-refractivity contribution in [2.24, 2.45) is 0 Å². The Balaban J connectivity index is 1.96. The molecule has 0 unspecified atom stereocenters. The number of amides is 2. The van der Waals surface area contributed by atoms with Crippen molar-refractivity contribution in [3.05, 3.63) is 59.8 Å². The largest absolute Gasteiger partial charge is 0.333 e. The van der Waals surface area contributed by atoms with Gasteiger partial charge in [-0.1, -0.05) is 19.9 Å². The fourth-order valence-electron chi connectivity index (χ4n) is 3.14. The zero-order valence-electron chi connectivity index (χ0n) is 18.5. The summed E-state index contributed by atoms with van der Waals surface area (Å²) in [5, 5.41) is 6.33. The Bertz CT molecular complexity index is 1230. The molecule has 0 aliphatic carbocycles. The second-order valence-electron chi connectivity index (χ2n) is 8.05. The molecule has 0 saturated carbocycles. The van der Waals surface area contributed by atoms with Crippen LogP contribution in [0.1, 0.15) is 50.9 Å². The number of nitrogens with one attached hydrogen (secondary N) is 2. The standard InChI is InChI=1S/C22H26FN5O3S/c1-13(2)18-10-17(23)11-19(16-7-6-15(5)24-12-16)21(18)25-22(29)27-32(30,31)20-8-9-28(26-20)14(3)4/h6-14H,1-5H3,(H2,25,27,29). The molecule has 170 valence electrons. The van der Waals surface area contributed by atoms with Gasteiger partial charge >= 0.3 is 6.03 Å². The minimum Gasteiger partial charge on any atom is -0.306 e. The summed E-state index contributed by atoms with van der Waals surface area (Å²) in [5.74, 6) is -0.612. The average molecular weight is 460 g/mol. The van der Waals surface area contributed by atoms with Crippen molar-refractivity contribution in [1.29, 1.82) is 0 Å². The second-order valence-corrected chi connectivity index (χ2v) is 9.68. The van der Waals surface area contributed by atoms with Crippen molar-refractivity contribution in [3.63, 3.8) is 0 Å². The lowest BCUT2D eigenvalue weighted by atomic mass is 9.94. The van der Waals surface area contributed by atoms with Gasteiger partial charge in [0.1, 0.15) is 5.82 Å². The van der Waals surface area contributed by atoms with E-state index in [1.165, 1.54) is 29.1 Å². The highest BCUT2D eigenvalue weighted by atomic mass is 32.2. The van der Waals surface area contributed by atoms with Gasteiger partial charge in [-0.3, -0.25) is 9.67 Å². The summed E-state index contributed by atoms with van der Waals surface area (Å²) in [6.45, 7) is 9.24. The van der Waals surface area contributed by atoms with Gasteiger partial charge < -0.3 is 5.32 Å². The molecule has 2 aromatic heterocycles. The molecular weight excluding hydrogens is 433 g/mol. The highest BCUT2D eigenvalue weighted by molar-refractivity contribution is 7.90. The van der Waals surface area contributed by atoms with Gasteiger partial charge in [-0.2, -0.15) is 13.5 Å². The Morgan fingerprint density at radius 1 is 1.12 bits per heavy atom. The van der Waals surface area contributed by atoms with Crippen molar-refractivity contribution in [2.75, 3.05) is 5.32 Å². The summed E-state index contributed by atoms with van der Waals surface area (Å²) < 4.78 is 43.1. The van der Waals surface area contributed by atoms with Crippen LogP contribution in [-0.2, 0) is 10.0 Å². The van der Waals surface area contributed by atoms with Crippen LogP contribution in [0.5, 0.6) is 0 Å². The number of sulfonamides is 1. The Hall–Kier alpha value is -3.27. The van der Waals surface area contributed by atoms with E-state index < -0.39 is 21.9 Å². The number of rotatable bonds is 6. The summed E-state index contributed by atoms with van der Waals surface area (Å²) in [5.41, 5.74) is 2.61. The number of hydrogen-bond acceptors (Lipinski definition) is 5. The van der Waals surface area contributed by atoms with Crippen LogP contribution in [0, 0.1) is 12.7 Å². The number of urea groups is 1. The lowest BCUT2D eigenvalue weighted by Gasteiger charge is -2.19. The molecule has 1 aromatic carbocycles. The molecule has 0 saturated heterocycles. The predicted octanol–water partition coefficient (Wildman–Crippen LogP) is 4.61. The van der Waals surface area contributed by atoms with Gasteiger partial charge in [-0.05, 0) is 56.5 Å². The third kappa shape index (κ3) is 5.13. The summed E-state index contributed by atoms with van der Waals surface area (Å²) >= 11 is 0. The number of aryl methyl sites for hydroxylation is 1. The van der Waals surface area contributed by atoms with Crippen molar-refractivity contribution >= 4 is 21.7 Å². The van der Waals surface area contributed by atoms with Gasteiger partial charge in [0.15, 0.2) is 5.03 Å². The molecule has 0 aliphatic heterocycles. The zero-order chi connectivity index (χ0) is 23.6. The molecule has 0 radical (unpaired) electrons. The topological polar surface area (TPSA) is 106 Å². The molecule has 8 nitrogen and oxygen atoms in total. The first-order valence-electron chi connectivity index (χ1n) is 10.1. The molecule has 3 aromatic rings. The molecule has 0 fully saturated rings. The quantitative estimate of drug-likeness (QED) is 0.560. The molecule has 0 aliphatic rings. The van der Waals surface area contributed by atoms with Crippen LogP contribution in [0.4, 0.5) is 14.9 Å². The van der Waals surface area contributed by atoms with Crippen molar-refractivity contribution < 1.29 is 17.6 Å². The molecule has 2 heterocycles. The van der Waals surface area contributed by atoms with E-state index >= 15 is 0 Å². The van der Waals surface area contributed by atoms with Crippen LogP contribution < -0.4 is 10.0 Å². The lowest BCUT2D eigenvalue weighted by Crippen LogP contribution is -2.35. The highest BCUT2D eigenvalue weighted by Gasteiger charge is 2.23. The van der Waals surface area contributed by atoms with E-state index in [4.69, 9.17) is 0 Å². The number of carbonyl (C=O) groups is 1. The van der Waals surface area contributed by atoms with Gasteiger partial charge in [0.2, 0.25) is 0 Å². The minimum absolute atomic E-state index is 0.0359. The molecule has 2 N–H and O–H groups in total. The smallest absolute Gasteiger partial charge is 0.306 e. The van der Waals surface area contributed by atoms with E-state index in [1.54, 1.807) is 18.3 Å². The van der Waals surface area contributed by atoms with Gasteiger partial charge in [0, 0.05) is 35.3 Å². The van der Waals surface area contributed by atoms with E-state index in [2.05, 4.69) is 15.4 Å². The number of benzene rings is 1. The minimum atomic E-state index is -4.20. The number of aromatic nitrogens is 3. The Kier molecular flexibility index (Phi) is 6.63. The summed E-state index contributed by atoms with van der Waals surface area (Å²) in [7, 11) is -4.20. The molecule has 3 rings (SSSR count). The second kappa shape index (κ2) is 9.07. The first-order valence-corrected chi connectivity index (χ1v) is 11.6. The van der Waals surface area contributed by atoms with Crippen LogP contribution in [0.15, 0.2) is 47.8 Å². The van der Waals surface area contributed by atoms with Crippen molar-refractivity contribution in [2.45, 2.75) is 51.6 Å². The summed E-state index contributed by atoms with van der Waals surface area (Å²) in [4.78, 5) is 16.9. The fourth-order valence-corrected chi connectivity index (χ4v) is 3.98. The number of anilines is 1. The third-order valence-corrected chi connectivity index (χ3v) is 6.05. The monoisotopic (exact) mass is 459 g/mol. The Morgan fingerprint density at radius 2 is 1.84 bits per heavy atom. The lowest BCUT2D eigenvalue weighted by molar-refractivity contribution is 0.256. The first-order chi connectivity index (χ1) is 15.0.